The van der Waals surface area contributed by atoms with Crippen molar-refractivity contribution in [2.24, 2.45) is 0 Å². The molecular formula is C24H29N3O6S. The van der Waals surface area contributed by atoms with Gasteiger partial charge in [0.2, 0.25) is 10.0 Å². The van der Waals surface area contributed by atoms with Gasteiger partial charge in [-0.25, -0.2) is 8.42 Å². The highest BCUT2D eigenvalue weighted by Crippen LogP contribution is 2.27. The van der Waals surface area contributed by atoms with Crippen LogP contribution in [0.4, 0.5) is 5.69 Å². The Morgan fingerprint density at radius 2 is 1.56 bits per heavy atom. The van der Waals surface area contributed by atoms with E-state index in [0.29, 0.717) is 50.7 Å². The molecule has 0 aromatic heterocycles. The standard InChI is InChI=1S/C24H29N3O6S/c1-18(28)19-3-5-20(6-4-19)25-9-11-26(12-10-25)24(29)22-17-21(7-8-23(22)32-2)34(30,31)27-13-15-33-16-14-27/h3-8,17H,9-16H2,1-2H3. The van der Waals surface area contributed by atoms with Gasteiger partial charge in [0.1, 0.15) is 5.75 Å². The zero-order chi connectivity index (χ0) is 24.3. The van der Waals surface area contributed by atoms with Crippen LogP contribution in [-0.2, 0) is 14.8 Å². The topological polar surface area (TPSA) is 96.5 Å². The molecule has 4 rings (SSSR count). The van der Waals surface area contributed by atoms with E-state index in [-0.39, 0.29) is 35.2 Å². The number of carbonyl (C=O) groups excluding carboxylic acids is 2. The zero-order valence-corrected chi connectivity index (χ0v) is 20.2. The minimum absolute atomic E-state index is 0.0220. The van der Waals surface area contributed by atoms with Gasteiger partial charge in [0.25, 0.3) is 5.91 Å². The highest BCUT2D eigenvalue weighted by atomic mass is 32.2. The third-order valence-corrected chi connectivity index (χ3v) is 8.11. The van der Waals surface area contributed by atoms with E-state index in [4.69, 9.17) is 9.47 Å². The second-order valence-electron chi connectivity index (χ2n) is 8.26. The Bertz CT molecular complexity index is 1150. The van der Waals surface area contributed by atoms with Crippen LogP contribution in [0, 0.1) is 0 Å². The van der Waals surface area contributed by atoms with Gasteiger partial charge >= 0.3 is 0 Å². The van der Waals surface area contributed by atoms with Gasteiger partial charge in [0.15, 0.2) is 5.78 Å². The summed E-state index contributed by atoms with van der Waals surface area (Å²) in [5, 5.41) is 0. The summed E-state index contributed by atoms with van der Waals surface area (Å²) < 4.78 is 38.2. The van der Waals surface area contributed by atoms with E-state index < -0.39 is 10.0 Å². The number of ether oxygens (including phenoxy) is 2. The summed E-state index contributed by atoms with van der Waals surface area (Å²) in [5.41, 5.74) is 1.89. The molecule has 2 aromatic carbocycles. The van der Waals surface area contributed by atoms with E-state index in [9.17, 15) is 18.0 Å². The maximum Gasteiger partial charge on any atom is 0.257 e. The average Bonchev–Trinajstić information content (AvgIpc) is 2.88. The highest BCUT2D eigenvalue weighted by Gasteiger charge is 2.30. The largest absolute Gasteiger partial charge is 0.496 e. The van der Waals surface area contributed by atoms with Crippen molar-refractivity contribution < 1.29 is 27.5 Å². The second kappa shape index (κ2) is 10.1. The van der Waals surface area contributed by atoms with Crippen LogP contribution in [-0.4, -0.2) is 88.9 Å². The Balaban J connectivity index is 1.49. The number of sulfonamides is 1. The Kier molecular flexibility index (Phi) is 7.20. The number of ketones is 1. The number of hydrogen-bond acceptors (Lipinski definition) is 7. The monoisotopic (exact) mass is 487 g/mol. The Labute approximate surface area is 199 Å². The molecule has 0 radical (unpaired) electrons. The van der Waals surface area contributed by atoms with Crippen molar-refractivity contribution in [3.05, 3.63) is 53.6 Å². The second-order valence-corrected chi connectivity index (χ2v) is 10.2. The van der Waals surface area contributed by atoms with Crippen LogP contribution in [0.2, 0.25) is 0 Å². The number of rotatable bonds is 6. The van der Waals surface area contributed by atoms with Gasteiger partial charge < -0.3 is 19.3 Å². The number of morpholine rings is 1. The molecule has 2 fully saturated rings. The molecule has 2 heterocycles. The van der Waals surface area contributed by atoms with Crippen molar-refractivity contribution >= 4 is 27.4 Å². The lowest BCUT2D eigenvalue weighted by atomic mass is 10.1. The van der Waals surface area contributed by atoms with Gasteiger partial charge in [0, 0.05) is 50.5 Å². The van der Waals surface area contributed by atoms with E-state index in [1.54, 1.807) is 17.0 Å². The highest BCUT2D eigenvalue weighted by molar-refractivity contribution is 7.89. The number of piperazine rings is 1. The Hall–Kier alpha value is -2.95. The van der Waals surface area contributed by atoms with Crippen molar-refractivity contribution in [1.29, 1.82) is 0 Å². The molecule has 9 nitrogen and oxygen atoms in total. The molecule has 0 saturated carbocycles. The number of anilines is 1. The fourth-order valence-corrected chi connectivity index (χ4v) is 5.63. The van der Waals surface area contributed by atoms with Gasteiger partial charge in [-0.3, -0.25) is 9.59 Å². The minimum atomic E-state index is -3.73. The fraction of sp³-hybridized carbons (Fsp3) is 0.417. The number of amides is 1. The van der Waals surface area contributed by atoms with Gasteiger partial charge in [-0.15, -0.1) is 0 Å². The molecule has 34 heavy (non-hydrogen) atoms. The maximum atomic E-state index is 13.4. The smallest absolute Gasteiger partial charge is 0.257 e. The minimum Gasteiger partial charge on any atom is -0.496 e. The number of methoxy groups -OCH3 is 1. The van der Waals surface area contributed by atoms with Crippen LogP contribution >= 0.6 is 0 Å². The predicted octanol–water partition coefficient (Wildman–Crippen LogP) is 1.88. The molecule has 1 amide bonds. The van der Waals surface area contributed by atoms with Gasteiger partial charge in [-0.1, -0.05) is 0 Å². The third kappa shape index (κ3) is 4.94. The molecule has 2 saturated heterocycles. The van der Waals surface area contributed by atoms with E-state index in [1.165, 1.54) is 36.5 Å². The molecule has 2 aromatic rings. The van der Waals surface area contributed by atoms with Crippen LogP contribution in [0.5, 0.6) is 5.75 Å². The zero-order valence-electron chi connectivity index (χ0n) is 19.4. The van der Waals surface area contributed by atoms with Crippen molar-refractivity contribution in [3.8, 4) is 5.75 Å². The van der Waals surface area contributed by atoms with Crippen LogP contribution in [0.25, 0.3) is 0 Å². The van der Waals surface area contributed by atoms with Crippen LogP contribution in [0.3, 0.4) is 0 Å². The molecule has 182 valence electrons. The maximum absolute atomic E-state index is 13.4. The number of carbonyl (C=O) groups is 2. The number of benzene rings is 2. The van der Waals surface area contributed by atoms with Crippen molar-refractivity contribution in [2.75, 3.05) is 64.5 Å². The summed E-state index contributed by atoms with van der Waals surface area (Å²) >= 11 is 0. The quantitative estimate of drug-likeness (QED) is 0.574. The molecule has 0 bridgehead atoms. The van der Waals surface area contributed by atoms with E-state index in [2.05, 4.69) is 4.90 Å². The molecule has 0 spiro atoms. The van der Waals surface area contributed by atoms with Crippen molar-refractivity contribution in [2.45, 2.75) is 11.8 Å². The summed E-state index contributed by atoms with van der Waals surface area (Å²) in [6.07, 6.45) is 0. The average molecular weight is 488 g/mol. The Morgan fingerprint density at radius 3 is 2.15 bits per heavy atom. The first-order valence-corrected chi connectivity index (χ1v) is 12.7. The van der Waals surface area contributed by atoms with Crippen molar-refractivity contribution in [1.82, 2.24) is 9.21 Å². The summed E-state index contributed by atoms with van der Waals surface area (Å²) in [7, 11) is -2.27. The summed E-state index contributed by atoms with van der Waals surface area (Å²) in [5.74, 6) is 0.101. The van der Waals surface area contributed by atoms with E-state index in [1.807, 2.05) is 12.1 Å². The summed E-state index contributed by atoms with van der Waals surface area (Å²) in [6.45, 7) is 5.02. The first kappa shape index (κ1) is 24.2. The summed E-state index contributed by atoms with van der Waals surface area (Å²) in [4.78, 5) is 28.8. The lowest BCUT2D eigenvalue weighted by molar-refractivity contribution is 0.0728. The SMILES string of the molecule is COc1ccc(S(=O)(=O)N2CCOCC2)cc1C(=O)N1CCN(c2ccc(C(C)=O)cc2)CC1. The predicted molar refractivity (Wildman–Crippen MR) is 127 cm³/mol. The first-order chi connectivity index (χ1) is 16.3. The van der Waals surface area contributed by atoms with Crippen molar-refractivity contribution in [3.63, 3.8) is 0 Å². The summed E-state index contributed by atoms with van der Waals surface area (Å²) in [6, 6.07) is 11.9. The lowest BCUT2D eigenvalue weighted by Gasteiger charge is -2.36. The molecule has 2 aliphatic heterocycles. The fourth-order valence-electron chi connectivity index (χ4n) is 4.20. The van der Waals surface area contributed by atoms with Gasteiger partial charge in [0.05, 0.1) is 30.8 Å². The van der Waals surface area contributed by atoms with E-state index in [0.717, 1.165) is 5.69 Å². The molecule has 0 N–H and O–H groups in total. The molecule has 10 heteroatoms. The van der Waals surface area contributed by atoms with Gasteiger partial charge in [-0.05, 0) is 49.4 Å². The van der Waals surface area contributed by atoms with Crippen LogP contribution in [0.1, 0.15) is 27.6 Å². The molecule has 2 aliphatic rings. The van der Waals surface area contributed by atoms with E-state index >= 15 is 0 Å². The Morgan fingerprint density at radius 1 is 0.912 bits per heavy atom. The number of nitrogens with zero attached hydrogens (tertiary/aromatic N) is 3. The molecule has 0 unspecified atom stereocenters. The lowest BCUT2D eigenvalue weighted by Crippen LogP contribution is -2.49. The molecule has 0 atom stereocenters. The number of Topliss-reactive ketones (excluding diaryl/α,β-unsaturated/α-hetero) is 1. The first-order valence-electron chi connectivity index (χ1n) is 11.2. The van der Waals surface area contributed by atoms with Gasteiger partial charge in [-0.2, -0.15) is 4.31 Å². The third-order valence-electron chi connectivity index (χ3n) is 6.22. The van der Waals surface area contributed by atoms with Crippen LogP contribution in [0.15, 0.2) is 47.4 Å². The molecular weight excluding hydrogens is 458 g/mol. The van der Waals surface area contributed by atoms with Crippen LogP contribution < -0.4 is 9.64 Å². The normalized spacial score (nSPS) is 17.5. The molecule has 0 aliphatic carbocycles. The number of hydrogen-bond donors (Lipinski definition) is 0.